The van der Waals surface area contributed by atoms with Gasteiger partial charge in [-0.1, -0.05) is 18.2 Å². The van der Waals surface area contributed by atoms with Crippen molar-refractivity contribution in [3.8, 4) is 0 Å². The molecule has 0 bridgehead atoms. The molecule has 0 saturated heterocycles. The maximum Gasteiger partial charge on any atom is 0.274 e. The van der Waals surface area contributed by atoms with Crippen LogP contribution < -0.4 is 10.2 Å². The van der Waals surface area contributed by atoms with Crippen LogP contribution in [0.4, 0.5) is 11.9 Å². The Morgan fingerprint density at radius 1 is 1.33 bits per heavy atom. The lowest BCUT2D eigenvalue weighted by molar-refractivity contribution is 0.101. The molecular weight excluding hydrogens is 268 g/mol. The van der Waals surface area contributed by atoms with E-state index in [0.29, 0.717) is 17.6 Å². The summed E-state index contributed by atoms with van der Waals surface area (Å²) in [6, 6.07) is 9.71. The number of aryl methyl sites for hydroxylation is 1. The van der Waals surface area contributed by atoms with Crippen molar-refractivity contribution in [2.45, 2.75) is 0 Å². The molecule has 0 aliphatic carbocycles. The maximum absolute atomic E-state index is 12.4. The van der Waals surface area contributed by atoms with Crippen LogP contribution in [0, 0.1) is 0 Å². The lowest BCUT2D eigenvalue weighted by Crippen LogP contribution is -2.16. The number of nitrogens with zero attached hydrogens (tertiary/aromatic N) is 4. The van der Waals surface area contributed by atoms with Gasteiger partial charge in [-0.3, -0.25) is 10.1 Å². The Morgan fingerprint density at radius 3 is 2.76 bits per heavy atom. The number of carbonyl (C=O) groups is 1. The molecule has 0 aliphatic heterocycles. The van der Waals surface area contributed by atoms with Gasteiger partial charge >= 0.3 is 0 Å². The smallest absolute Gasteiger partial charge is 0.274 e. The molecule has 3 rings (SSSR count). The highest BCUT2D eigenvalue weighted by molar-refractivity contribution is 6.05. The number of aromatic amines is 1. The van der Waals surface area contributed by atoms with E-state index in [9.17, 15) is 4.79 Å². The molecule has 108 valence electrons. The zero-order chi connectivity index (χ0) is 15.0. The van der Waals surface area contributed by atoms with E-state index in [1.807, 2.05) is 56.0 Å². The SMILES string of the molecule is CN(C)c1n[nH]c(NC(=O)c2cc3ccccc3n2C)n1. The van der Waals surface area contributed by atoms with Crippen LogP contribution in [0.2, 0.25) is 0 Å². The van der Waals surface area contributed by atoms with Gasteiger partial charge in [0.1, 0.15) is 5.69 Å². The summed E-state index contributed by atoms with van der Waals surface area (Å²) in [7, 11) is 5.53. The van der Waals surface area contributed by atoms with Crippen molar-refractivity contribution in [3.05, 3.63) is 36.0 Å². The normalized spacial score (nSPS) is 10.8. The van der Waals surface area contributed by atoms with E-state index >= 15 is 0 Å². The number of para-hydroxylation sites is 1. The molecule has 2 heterocycles. The first-order chi connectivity index (χ1) is 10.1. The summed E-state index contributed by atoms with van der Waals surface area (Å²) in [6.45, 7) is 0. The van der Waals surface area contributed by atoms with Gasteiger partial charge in [0.25, 0.3) is 5.91 Å². The molecule has 0 fully saturated rings. The summed E-state index contributed by atoms with van der Waals surface area (Å²) < 4.78 is 1.86. The van der Waals surface area contributed by atoms with E-state index in [-0.39, 0.29) is 5.91 Å². The highest BCUT2D eigenvalue weighted by Crippen LogP contribution is 2.19. The second-order valence-corrected chi connectivity index (χ2v) is 4.98. The minimum Gasteiger partial charge on any atom is -0.346 e. The molecule has 1 amide bonds. The Morgan fingerprint density at radius 2 is 2.10 bits per heavy atom. The summed E-state index contributed by atoms with van der Waals surface area (Å²) in [6.07, 6.45) is 0. The topological polar surface area (TPSA) is 78.8 Å². The zero-order valence-electron chi connectivity index (χ0n) is 12.1. The lowest BCUT2D eigenvalue weighted by Gasteiger charge is -2.04. The van der Waals surface area contributed by atoms with Crippen LogP contribution in [0.5, 0.6) is 0 Å². The van der Waals surface area contributed by atoms with Gasteiger partial charge in [-0.15, -0.1) is 5.10 Å². The fourth-order valence-electron chi connectivity index (χ4n) is 2.19. The quantitative estimate of drug-likeness (QED) is 0.766. The minimum atomic E-state index is -0.227. The third kappa shape index (κ3) is 2.33. The number of rotatable bonds is 3. The Kier molecular flexibility index (Phi) is 3.09. The second-order valence-electron chi connectivity index (χ2n) is 4.98. The predicted molar refractivity (Wildman–Crippen MR) is 81.6 cm³/mol. The average molecular weight is 284 g/mol. The molecule has 2 N–H and O–H groups in total. The molecule has 1 aromatic carbocycles. The summed E-state index contributed by atoms with van der Waals surface area (Å²) in [5.74, 6) is 0.617. The first-order valence-corrected chi connectivity index (χ1v) is 6.52. The van der Waals surface area contributed by atoms with Crippen LogP contribution in [-0.2, 0) is 7.05 Å². The number of fused-ring (bicyclic) bond motifs is 1. The fraction of sp³-hybridized carbons (Fsp3) is 0.214. The van der Waals surface area contributed by atoms with Crippen molar-refractivity contribution in [3.63, 3.8) is 0 Å². The third-order valence-electron chi connectivity index (χ3n) is 3.29. The monoisotopic (exact) mass is 284 g/mol. The molecule has 0 saturated carbocycles. The zero-order valence-corrected chi connectivity index (χ0v) is 12.1. The van der Waals surface area contributed by atoms with Crippen LogP contribution in [-0.4, -0.2) is 39.8 Å². The number of hydrogen-bond donors (Lipinski definition) is 2. The van der Waals surface area contributed by atoms with E-state index in [1.54, 1.807) is 4.90 Å². The van der Waals surface area contributed by atoms with Gasteiger partial charge in [-0.05, 0) is 12.1 Å². The molecule has 0 spiro atoms. The van der Waals surface area contributed by atoms with Crippen LogP contribution in [0.3, 0.4) is 0 Å². The van der Waals surface area contributed by atoms with Crippen molar-refractivity contribution in [1.29, 1.82) is 0 Å². The number of nitrogens with one attached hydrogen (secondary N) is 2. The van der Waals surface area contributed by atoms with Gasteiger partial charge in [-0.25, -0.2) is 5.10 Å². The lowest BCUT2D eigenvalue weighted by atomic mass is 10.2. The van der Waals surface area contributed by atoms with E-state index in [1.165, 1.54) is 0 Å². The summed E-state index contributed by atoms with van der Waals surface area (Å²) >= 11 is 0. The first kappa shape index (κ1) is 13.2. The van der Waals surface area contributed by atoms with E-state index < -0.39 is 0 Å². The van der Waals surface area contributed by atoms with Gasteiger partial charge in [0.15, 0.2) is 0 Å². The number of aromatic nitrogens is 4. The highest BCUT2D eigenvalue weighted by Gasteiger charge is 2.15. The number of H-pyrrole nitrogens is 1. The van der Waals surface area contributed by atoms with E-state index in [2.05, 4.69) is 20.5 Å². The Balaban J connectivity index is 1.88. The van der Waals surface area contributed by atoms with Crippen molar-refractivity contribution in [2.24, 2.45) is 7.05 Å². The van der Waals surface area contributed by atoms with Crippen LogP contribution in [0.1, 0.15) is 10.5 Å². The number of anilines is 2. The predicted octanol–water partition coefficient (Wildman–Crippen LogP) is 1.61. The molecule has 7 heteroatoms. The molecule has 0 atom stereocenters. The number of benzene rings is 1. The van der Waals surface area contributed by atoms with Gasteiger partial charge in [-0.2, -0.15) is 4.98 Å². The Labute approximate surface area is 121 Å². The summed E-state index contributed by atoms with van der Waals surface area (Å²) in [5, 5.41) is 10.4. The number of hydrogen-bond acceptors (Lipinski definition) is 4. The highest BCUT2D eigenvalue weighted by atomic mass is 16.2. The summed E-state index contributed by atoms with van der Waals surface area (Å²) in [5.41, 5.74) is 1.58. The number of amides is 1. The molecule has 0 aliphatic rings. The molecule has 7 nitrogen and oxygen atoms in total. The third-order valence-corrected chi connectivity index (χ3v) is 3.29. The van der Waals surface area contributed by atoms with Crippen molar-refractivity contribution >= 4 is 28.7 Å². The maximum atomic E-state index is 12.4. The Hall–Kier alpha value is -2.83. The average Bonchev–Trinajstić information content (AvgIpc) is 3.05. The van der Waals surface area contributed by atoms with E-state index in [0.717, 1.165) is 10.9 Å². The van der Waals surface area contributed by atoms with Gasteiger partial charge in [0.05, 0.1) is 0 Å². The molecule has 21 heavy (non-hydrogen) atoms. The van der Waals surface area contributed by atoms with Crippen LogP contribution >= 0.6 is 0 Å². The Bertz CT molecular complexity index is 801. The van der Waals surface area contributed by atoms with E-state index in [4.69, 9.17) is 0 Å². The second kappa shape index (κ2) is 4.93. The van der Waals surface area contributed by atoms with Crippen molar-refractivity contribution in [1.82, 2.24) is 19.7 Å². The van der Waals surface area contributed by atoms with Gasteiger partial charge in [0, 0.05) is 32.0 Å². The molecule has 0 radical (unpaired) electrons. The first-order valence-electron chi connectivity index (χ1n) is 6.52. The van der Waals surface area contributed by atoms with Crippen LogP contribution in [0.15, 0.2) is 30.3 Å². The summed E-state index contributed by atoms with van der Waals surface area (Å²) in [4.78, 5) is 18.3. The molecule has 3 aromatic rings. The van der Waals surface area contributed by atoms with Crippen molar-refractivity contribution in [2.75, 3.05) is 24.3 Å². The fourth-order valence-corrected chi connectivity index (χ4v) is 2.19. The standard InChI is InChI=1S/C14H16N6O/c1-19(2)14-16-13(17-18-14)15-12(21)11-8-9-6-4-5-7-10(9)20(11)3/h4-8H,1-3H3,(H2,15,16,17,18,21). The van der Waals surface area contributed by atoms with Crippen LogP contribution in [0.25, 0.3) is 10.9 Å². The largest absolute Gasteiger partial charge is 0.346 e. The number of carbonyl (C=O) groups excluding carboxylic acids is 1. The van der Waals surface area contributed by atoms with Gasteiger partial charge in [0.2, 0.25) is 11.9 Å². The minimum absolute atomic E-state index is 0.227. The molecule has 0 unspecified atom stereocenters. The molecular formula is C14H16N6O. The van der Waals surface area contributed by atoms with Crippen molar-refractivity contribution < 1.29 is 4.79 Å². The van der Waals surface area contributed by atoms with Gasteiger partial charge < -0.3 is 9.47 Å². The molecule has 2 aromatic heterocycles.